The molecule has 0 fully saturated rings. The minimum Gasteiger partial charge on any atom is -0.384 e. The average Bonchev–Trinajstić information content (AvgIpc) is 2.35. The van der Waals surface area contributed by atoms with Crippen LogP contribution in [0.4, 0.5) is 0 Å². The molecule has 3 nitrogen and oxygen atoms in total. The smallest absolute Gasteiger partial charge is 0.0626 e. The first-order chi connectivity index (χ1) is 6.46. The second-order valence-electron chi connectivity index (χ2n) is 4.34. The number of halogens is 1. The first kappa shape index (κ1) is 12.0. The second-order valence-corrected chi connectivity index (χ2v) is 5.50. The Morgan fingerprint density at radius 2 is 2.21 bits per heavy atom. The van der Waals surface area contributed by atoms with Gasteiger partial charge >= 0.3 is 0 Å². The fourth-order valence-corrected chi connectivity index (χ4v) is 2.19. The lowest BCUT2D eigenvalue weighted by Crippen LogP contribution is -2.23. The number of nitrogens with zero attached hydrogens (tertiary/aromatic N) is 2. The van der Waals surface area contributed by atoms with Gasteiger partial charge in [-0.25, -0.2) is 0 Å². The molecule has 0 aromatic carbocycles. The summed E-state index contributed by atoms with van der Waals surface area (Å²) in [7, 11) is 3.73. The monoisotopic (exact) mass is 308 g/mol. The van der Waals surface area contributed by atoms with Gasteiger partial charge in [0.1, 0.15) is 0 Å². The largest absolute Gasteiger partial charge is 0.384 e. The quantitative estimate of drug-likeness (QED) is 0.798. The van der Waals surface area contributed by atoms with Crippen molar-refractivity contribution >= 4 is 22.6 Å². The van der Waals surface area contributed by atoms with E-state index in [-0.39, 0.29) is 5.41 Å². The molecule has 0 aliphatic carbocycles. The zero-order valence-electron chi connectivity index (χ0n) is 9.17. The lowest BCUT2D eigenvalue weighted by molar-refractivity contribution is 0.103. The zero-order valence-corrected chi connectivity index (χ0v) is 11.3. The summed E-state index contributed by atoms with van der Waals surface area (Å²) >= 11 is 2.33. The van der Waals surface area contributed by atoms with Gasteiger partial charge in [-0.2, -0.15) is 5.10 Å². The Balaban J connectivity index is 2.77. The highest BCUT2D eigenvalue weighted by atomic mass is 127. The van der Waals surface area contributed by atoms with E-state index in [4.69, 9.17) is 4.74 Å². The van der Waals surface area contributed by atoms with Crippen molar-refractivity contribution in [3.63, 3.8) is 0 Å². The molecule has 1 aromatic rings. The Kier molecular flexibility index (Phi) is 3.94. The van der Waals surface area contributed by atoms with Crippen molar-refractivity contribution in [1.29, 1.82) is 0 Å². The van der Waals surface area contributed by atoms with Crippen LogP contribution in [0.25, 0.3) is 0 Å². The Morgan fingerprint density at radius 3 is 2.64 bits per heavy atom. The highest BCUT2D eigenvalue weighted by Crippen LogP contribution is 2.24. The van der Waals surface area contributed by atoms with Crippen molar-refractivity contribution in [2.75, 3.05) is 13.7 Å². The van der Waals surface area contributed by atoms with Gasteiger partial charge in [-0.1, -0.05) is 13.8 Å². The van der Waals surface area contributed by atoms with Crippen molar-refractivity contribution in [3.05, 3.63) is 15.5 Å². The number of hydrogen-bond donors (Lipinski definition) is 0. The highest BCUT2D eigenvalue weighted by molar-refractivity contribution is 14.1. The Morgan fingerprint density at radius 1 is 1.57 bits per heavy atom. The maximum atomic E-state index is 5.20. The summed E-state index contributed by atoms with van der Waals surface area (Å²) < 4.78 is 8.38. The van der Waals surface area contributed by atoms with Crippen LogP contribution in [0, 0.1) is 8.99 Å². The first-order valence-electron chi connectivity index (χ1n) is 4.61. The molecule has 14 heavy (non-hydrogen) atoms. The number of ether oxygens (including phenoxy) is 1. The SMILES string of the molecule is COCC(C)(C)Cc1c(I)cnn1C. The molecule has 0 saturated heterocycles. The van der Waals surface area contributed by atoms with Gasteiger partial charge in [0.05, 0.1) is 22.1 Å². The molecule has 0 N–H and O–H groups in total. The molecular formula is C10H17IN2O. The van der Waals surface area contributed by atoms with Crippen LogP contribution in [0.15, 0.2) is 6.20 Å². The molecule has 1 rings (SSSR count). The van der Waals surface area contributed by atoms with E-state index in [0.717, 1.165) is 13.0 Å². The average molecular weight is 308 g/mol. The van der Waals surface area contributed by atoms with E-state index in [1.165, 1.54) is 9.26 Å². The highest BCUT2D eigenvalue weighted by Gasteiger charge is 2.21. The van der Waals surface area contributed by atoms with Crippen LogP contribution in [0.2, 0.25) is 0 Å². The molecule has 0 saturated carbocycles. The topological polar surface area (TPSA) is 27.1 Å². The summed E-state index contributed by atoms with van der Waals surface area (Å²) in [5.41, 5.74) is 1.45. The van der Waals surface area contributed by atoms with Crippen molar-refractivity contribution in [1.82, 2.24) is 9.78 Å². The lowest BCUT2D eigenvalue weighted by atomic mass is 9.89. The number of hydrogen-bond acceptors (Lipinski definition) is 2. The summed E-state index contributed by atoms with van der Waals surface area (Å²) in [6, 6.07) is 0. The van der Waals surface area contributed by atoms with E-state index in [1.807, 2.05) is 17.9 Å². The van der Waals surface area contributed by atoms with Gasteiger partial charge in [-0.15, -0.1) is 0 Å². The molecule has 0 amide bonds. The maximum Gasteiger partial charge on any atom is 0.0626 e. The fourth-order valence-electron chi connectivity index (χ4n) is 1.53. The zero-order chi connectivity index (χ0) is 10.8. The molecule has 80 valence electrons. The third-order valence-electron chi connectivity index (χ3n) is 2.19. The van der Waals surface area contributed by atoms with Crippen molar-refractivity contribution in [2.24, 2.45) is 12.5 Å². The molecular weight excluding hydrogens is 291 g/mol. The van der Waals surface area contributed by atoms with Crippen molar-refractivity contribution in [3.8, 4) is 0 Å². The van der Waals surface area contributed by atoms with Crippen LogP contribution < -0.4 is 0 Å². The normalized spacial score (nSPS) is 12.1. The molecule has 0 atom stereocenters. The van der Waals surface area contributed by atoms with Crippen LogP contribution in [-0.4, -0.2) is 23.5 Å². The molecule has 0 radical (unpaired) electrons. The third kappa shape index (κ3) is 2.95. The minimum absolute atomic E-state index is 0.169. The predicted octanol–water partition coefficient (Wildman–Crippen LogP) is 2.24. The van der Waals surface area contributed by atoms with Crippen LogP contribution in [0.5, 0.6) is 0 Å². The molecule has 0 bridgehead atoms. The van der Waals surface area contributed by atoms with Gasteiger partial charge in [0.2, 0.25) is 0 Å². The summed E-state index contributed by atoms with van der Waals surface area (Å²) in [6.45, 7) is 5.19. The van der Waals surface area contributed by atoms with Gasteiger partial charge < -0.3 is 4.74 Å². The minimum atomic E-state index is 0.169. The molecule has 0 spiro atoms. The Labute approximate surface area is 99.0 Å². The lowest BCUT2D eigenvalue weighted by Gasteiger charge is -2.23. The summed E-state index contributed by atoms with van der Waals surface area (Å²) in [5.74, 6) is 0. The molecule has 4 heteroatoms. The van der Waals surface area contributed by atoms with Gasteiger partial charge in [-0.3, -0.25) is 4.68 Å². The molecule has 0 unspecified atom stereocenters. The van der Waals surface area contributed by atoms with Crippen LogP contribution in [0.3, 0.4) is 0 Å². The fraction of sp³-hybridized carbons (Fsp3) is 0.700. The number of rotatable bonds is 4. The van der Waals surface area contributed by atoms with Crippen LogP contribution in [-0.2, 0) is 18.2 Å². The second kappa shape index (κ2) is 4.61. The van der Waals surface area contributed by atoms with Crippen LogP contribution in [0.1, 0.15) is 19.5 Å². The van der Waals surface area contributed by atoms with Gasteiger partial charge in [0.25, 0.3) is 0 Å². The molecule has 0 aliphatic heterocycles. The van der Waals surface area contributed by atoms with Gasteiger partial charge in [0, 0.05) is 14.2 Å². The summed E-state index contributed by atoms with van der Waals surface area (Å²) in [6.07, 6.45) is 2.90. The van der Waals surface area contributed by atoms with Crippen molar-refractivity contribution < 1.29 is 4.74 Å². The molecule has 0 aliphatic rings. The summed E-state index contributed by atoms with van der Waals surface area (Å²) in [5, 5.41) is 4.23. The van der Waals surface area contributed by atoms with Gasteiger partial charge in [-0.05, 0) is 34.4 Å². The van der Waals surface area contributed by atoms with E-state index in [9.17, 15) is 0 Å². The number of methoxy groups -OCH3 is 1. The van der Waals surface area contributed by atoms with E-state index >= 15 is 0 Å². The van der Waals surface area contributed by atoms with Crippen LogP contribution >= 0.6 is 22.6 Å². The van der Waals surface area contributed by atoms with Gasteiger partial charge in [0.15, 0.2) is 0 Å². The van der Waals surface area contributed by atoms with E-state index in [2.05, 4.69) is 41.5 Å². The standard InChI is InChI=1S/C10H17IN2O/c1-10(2,7-14-4)5-9-8(11)6-12-13(9)3/h6H,5,7H2,1-4H3. The van der Waals surface area contributed by atoms with Crippen molar-refractivity contribution in [2.45, 2.75) is 20.3 Å². The molecule has 1 aromatic heterocycles. The van der Waals surface area contributed by atoms with E-state index < -0.39 is 0 Å². The number of aryl methyl sites for hydroxylation is 1. The Hall–Kier alpha value is -0.100. The maximum absolute atomic E-state index is 5.20. The first-order valence-corrected chi connectivity index (χ1v) is 5.69. The predicted molar refractivity (Wildman–Crippen MR) is 65.3 cm³/mol. The third-order valence-corrected chi connectivity index (χ3v) is 3.09. The summed E-state index contributed by atoms with van der Waals surface area (Å²) in [4.78, 5) is 0. The van der Waals surface area contributed by atoms with E-state index in [0.29, 0.717) is 0 Å². The van der Waals surface area contributed by atoms with E-state index in [1.54, 1.807) is 7.11 Å². The molecule has 1 heterocycles. The Bertz CT molecular complexity index is 288. The number of aromatic nitrogens is 2.